The second-order valence-electron chi connectivity index (χ2n) is 7.23. The van der Waals surface area contributed by atoms with E-state index >= 15 is 0 Å². The zero-order chi connectivity index (χ0) is 23.9. The Bertz CT molecular complexity index is 1470. The largest absolute Gasteiger partial charge is 0.416 e. The van der Waals surface area contributed by atoms with Crippen LogP contribution in [-0.2, 0) is 13.2 Å². The molecule has 2 aromatic heterocycles. The standard InChI is InChI=1S/C22H15ClF3N5O2/c1-11-6-7-14(28-19(32)12-4-3-5-13(8-12)22(24,25)26)9-15(11)17-20(33)31(2)18-16(29-17)10-27-21(23)30-18/h3-10H,1-2H3,(H,28,32). The Morgan fingerprint density at radius 1 is 1.12 bits per heavy atom. The van der Waals surface area contributed by atoms with Crippen LogP contribution >= 0.6 is 11.6 Å². The molecule has 0 aliphatic carbocycles. The lowest BCUT2D eigenvalue weighted by molar-refractivity contribution is -0.137. The van der Waals surface area contributed by atoms with Crippen molar-refractivity contribution in [1.82, 2.24) is 19.5 Å². The van der Waals surface area contributed by atoms with E-state index in [0.717, 1.165) is 18.2 Å². The molecule has 1 amide bonds. The van der Waals surface area contributed by atoms with Crippen LogP contribution in [-0.4, -0.2) is 25.4 Å². The third-order valence-corrected chi connectivity index (χ3v) is 5.16. The minimum absolute atomic E-state index is 0.0254. The lowest BCUT2D eigenvalue weighted by atomic mass is 10.0. The number of carbonyl (C=O) groups is 1. The van der Waals surface area contributed by atoms with Gasteiger partial charge < -0.3 is 5.32 Å². The molecular weight excluding hydrogens is 459 g/mol. The smallest absolute Gasteiger partial charge is 0.322 e. The van der Waals surface area contributed by atoms with Gasteiger partial charge in [-0.25, -0.2) is 9.97 Å². The normalized spacial score (nSPS) is 11.6. The first-order chi connectivity index (χ1) is 15.5. The molecule has 1 N–H and O–H groups in total. The average molecular weight is 474 g/mol. The number of carbonyl (C=O) groups excluding carboxylic acids is 1. The molecule has 168 valence electrons. The summed E-state index contributed by atoms with van der Waals surface area (Å²) in [7, 11) is 1.52. The first-order valence-corrected chi connectivity index (χ1v) is 9.91. The zero-order valence-corrected chi connectivity index (χ0v) is 18.0. The molecule has 2 aromatic carbocycles. The van der Waals surface area contributed by atoms with Gasteiger partial charge in [-0.1, -0.05) is 12.1 Å². The number of anilines is 1. The molecule has 4 rings (SSSR count). The minimum Gasteiger partial charge on any atom is -0.322 e. The number of rotatable bonds is 3. The van der Waals surface area contributed by atoms with Gasteiger partial charge in [0.15, 0.2) is 5.65 Å². The molecule has 0 fully saturated rings. The van der Waals surface area contributed by atoms with Crippen LogP contribution in [0.1, 0.15) is 21.5 Å². The van der Waals surface area contributed by atoms with Crippen molar-refractivity contribution in [2.24, 2.45) is 7.05 Å². The second kappa shape index (κ2) is 8.28. The number of nitrogens with zero attached hydrogens (tertiary/aromatic N) is 4. The number of halogens is 4. The molecular formula is C22H15ClF3N5O2. The molecule has 2 heterocycles. The van der Waals surface area contributed by atoms with Crippen LogP contribution in [0.5, 0.6) is 0 Å². The maximum absolute atomic E-state index is 13.0. The number of benzene rings is 2. The first kappa shape index (κ1) is 22.4. The molecule has 33 heavy (non-hydrogen) atoms. The maximum atomic E-state index is 13.0. The van der Waals surface area contributed by atoms with Gasteiger partial charge in [0.05, 0.1) is 11.8 Å². The predicted molar refractivity (Wildman–Crippen MR) is 117 cm³/mol. The highest BCUT2D eigenvalue weighted by atomic mass is 35.5. The van der Waals surface area contributed by atoms with Gasteiger partial charge in [0.25, 0.3) is 11.5 Å². The van der Waals surface area contributed by atoms with Crippen molar-refractivity contribution in [3.05, 3.63) is 81.0 Å². The fraction of sp³-hybridized carbons (Fsp3) is 0.136. The van der Waals surface area contributed by atoms with E-state index in [1.54, 1.807) is 19.1 Å². The van der Waals surface area contributed by atoms with Crippen LogP contribution < -0.4 is 10.9 Å². The number of hydrogen-bond donors (Lipinski definition) is 1. The molecule has 0 aliphatic heterocycles. The van der Waals surface area contributed by atoms with Crippen LogP contribution in [0, 0.1) is 6.92 Å². The molecule has 11 heteroatoms. The van der Waals surface area contributed by atoms with E-state index in [-0.39, 0.29) is 27.9 Å². The van der Waals surface area contributed by atoms with Gasteiger partial charge in [0.1, 0.15) is 11.2 Å². The summed E-state index contributed by atoms with van der Waals surface area (Å²) in [6.45, 7) is 1.76. The second-order valence-corrected chi connectivity index (χ2v) is 7.57. The molecule has 0 bridgehead atoms. The van der Waals surface area contributed by atoms with Crippen LogP contribution in [0.4, 0.5) is 18.9 Å². The summed E-state index contributed by atoms with van der Waals surface area (Å²) in [5.74, 6) is -0.724. The summed E-state index contributed by atoms with van der Waals surface area (Å²) in [6, 6.07) is 8.89. The van der Waals surface area contributed by atoms with Crippen LogP contribution in [0.15, 0.2) is 53.5 Å². The lowest BCUT2D eigenvalue weighted by Crippen LogP contribution is -2.22. The number of hydrogen-bond acceptors (Lipinski definition) is 5. The quantitative estimate of drug-likeness (QED) is 0.438. The highest BCUT2D eigenvalue weighted by Gasteiger charge is 2.31. The van der Waals surface area contributed by atoms with Crippen LogP contribution in [0.25, 0.3) is 22.4 Å². The van der Waals surface area contributed by atoms with Gasteiger partial charge in [-0.2, -0.15) is 18.2 Å². The monoisotopic (exact) mass is 473 g/mol. The van der Waals surface area contributed by atoms with Gasteiger partial charge in [-0.3, -0.25) is 14.2 Å². The Labute approximate surface area is 189 Å². The molecule has 0 atom stereocenters. The van der Waals surface area contributed by atoms with Gasteiger partial charge in [0, 0.05) is 23.9 Å². The summed E-state index contributed by atoms with van der Waals surface area (Å²) >= 11 is 5.81. The molecule has 7 nitrogen and oxygen atoms in total. The third kappa shape index (κ3) is 4.42. The highest BCUT2D eigenvalue weighted by Crippen LogP contribution is 2.30. The van der Waals surface area contributed by atoms with E-state index in [1.807, 2.05) is 0 Å². The fourth-order valence-corrected chi connectivity index (χ4v) is 3.39. The summed E-state index contributed by atoms with van der Waals surface area (Å²) in [4.78, 5) is 37.8. The van der Waals surface area contributed by atoms with Crippen molar-refractivity contribution in [2.75, 3.05) is 5.32 Å². The Kier molecular flexibility index (Phi) is 5.62. The molecule has 0 saturated heterocycles. The van der Waals surface area contributed by atoms with E-state index in [9.17, 15) is 22.8 Å². The minimum atomic E-state index is -4.57. The van der Waals surface area contributed by atoms with Crippen molar-refractivity contribution in [1.29, 1.82) is 0 Å². The predicted octanol–water partition coefficient (Wildman–Crippen LogP) is 4.62. The van der Waals surface area contributed by atoms with Gasteiger partial charge in [-0.15, -0.1) is 0 Å². The third-order valence-electron chi connectivity index (χ3n) is 4.98. The van der Waals surface area contributed by atoms with E-state index in [2.05, 4.69) is 20.3 Å². The topological polar surface area (TPSA) is 89.8 Å². The molecule has 0 aliphatic rings. The van der Waals surface area contributed by atoms with Crippen molar-refractivity contribution >= 4 is 34.4 Å². The SMILES string of the molecule is Cc1ccc(NC(=O)c2cccc(C(F)(F)F)c2)cc1-c1nc2cnc(Cl)nc2n(C)c1=O. The van der Waals surface area contributed by atoms with Gasteiger partial charge >= 0.3 is 6.18 Å². The number of amides is 1. The van der Waals surface area contributed by atoms with Gasteiger partial charge in [0.2, 0.25) is 5.28 Å². The highest BCUT2D eigenvalue weighted by molar-refractivity contribution is 6.28. The Morgan fingerprint density at radius 3 is 2.61 bits per heavy atom. The summed E-state index contributed by atoms with van der Waals surface area (Å²) in [6.07, 6.45) is -3.18. The van der Waals surface area contributed by atoms with E-state index in [0.29, 0.717) is 16.6 Å². The molecule has 0 saturated carbocycles. The zero-order valence-electron chi connectivity index (χ0n) is 17.2. The summed E-state index contributed by atoms with van der Waals surface area (Å²) < 4.78 is 40.2. The number of alkyl halides is 3. The van der Waals surface area contributed by atoms with E-state index in [4.69, 9.17) is 11.6 Å². The van der Waals surface area contributed by atoms with Crippen LogP contribution in [0.2, 0.25) is 5.28 Å². The number of aromatic nitrogens is 4. The fourth-order valence-electron chi connectivity index (χ4n) is 3.27. The van der Waals surface area contributed by atoms with E-state index < -0.39 is 23.2 Å². The first-order valence-electron chi connectivity index (χ1n) is 9.53. The maximum Gasteiger partial charge on any atom is 0.416 e. The van der Waals surface area contributed by atoms with Crippen molar-refractivity contribution in [3.63, 3.8) is 0 Å². The lowest BCUT2D eigenvalue weighted by Gasteiger charge is -2.12. The Morgan fingerprint density at radius 2 is 1.88 bits per heavy atom. The summed E-state index contributed by atoms with van der Waals surface area (Å²) in [5, 5.41) is 2.54. The molecule has 0 unspecified atom stereocenters. The number of nitrogens with one attached hydrogen (secondary N) is 1. The van der Waals surface area contributed by atoms with Crippen molar-refractivity contribution in [2.45, 2.75) is 13.1 Å². The number of aryl methyl sites for hydroxylation is 2. The van der Waals surface area contributed by atoms with E-state index in [1.165, 1.54) is 29.9 Å². The van der Waals surface area contributed by atoms with Crippen molar-refractivity contribution in [3.8, 4) is 11.3 Å². The Hall–Kier alpha value is -3.79. The average Bonchev–Trinajstić information content (AvgIpc) is 2.77. The van der Waals surface area contributed by atoms with Gasteiger partial charge in [-0.05, 0) is 54.4 Å². The molecule has 0 radical (unpaired) electrons. The molecule has 0 spiro atoms. The Balaban J connectivity index is 1.73. The number of fused-ring (bicyclic) bond motifs is 1. The summed E-state index contributed by atoms with van der Waals surface area (Å²) in [5.41, 5.74) is 0.608. The molecule has 4 aromatic rings. The van der Waals surface area contributed by atoms with Crippen molar-refractivity contribution < 1.29 is 18.0 Å². The van der Waals surface area contributed by atoms with Crippen LogP contribution in [0.3, 0.4) is 0 Å².